The van der Waals surface area contributed by atoms with E-state index in [0.29, 0.717) is 13.2 Å². The molecular formula is C27H30O6. The molecule has 1 aliphatic heterocycles. The third-order valence-corrected chi connectivity index (χ3v) is 5.65. The van der Waals surface area contributed by atoms with E-state index in [1.807, 2.05) is 91.0 Å². The highest BCUT2D eigenvalue weighted by Crippen LogP contribution is 2.29. The first-order valence-corrected chi connectivity index (χ1v) is 11.2. The summed E-state index contributed by atoms with van der Waals surface area (Å²) < 4.78 is 24.3. The lowest BCUT2D eigenvalue weighted by Crippen LogP contribution is -2.61. The zero-order chi connectivity index (χ0) is 22.9. The highest BCUT2D eigenvalue weighted by molar-refractivity contribution is 5.15. The fourth-order valence-electron chi connectivity index (χ4n) is 3.91. The maximum absolute atomic E-state index is 10.7. The van der Waals surface area contributed by atoms with Crippen LogP contribution in [0.4, 0.5) is 0 Å². The van der Waals surface area contributed by atoms with Crippen LogP contribution in [0, 0.1) is 0 Å². The van der Waals surface area contributed by atoms with Gasteiger partial charge in [0, 0.05) is 0 Å². The summed E-state index contributed by atoms with van der Waals surface area (Å²) in [5.74, 6) is 0. The summed E-state index contributed by atoms with van der Waals surface area (Å²) in [5.41, 5.74) is 2.95. The van der Waals surface area contributed by atoms with Crippen LogP contribution in [0.25, 0.3) is 0 Å². The molecule has 5 atom stereocenters. The first-order chi connectivity index (χ1) is 16.2. The quantitative estimate of drug-likeness (QED) is 0.493. The predicted octanol–water partition coefficient (Wildman–Crippen LogP) is 3.45. The van der Waals surface area contributed by atoms with Crippen molar-refractivity contribution >= 4 is 0 Å². The van der Waals surface area contributed by atoms with E-state index in [0.717, 1.165) is 16.7 Å². The van der Waals surface area contributed by atoms with E-state index < -0.39 is 30.7 Å². The van der Waals surface area contributed by atoms with E-state index in [-0.39, 0.29) is 13.2 Å². The van der Waals surface area contributed by atoms with Crippen LogP contribution in [0.5, 0.6) is 0 Å². The summed E-state index contributed by atoms with van der Waals surface area (Å²) in [6.45, 7) is 0.601. The molecule has 0 spiro atoms. The highest BCUT2D eigenvalue weighted by Gasteiger charge is 2.47. The minimum atomic E-state index is -1.26. The topological polar surface area (TPSA) is 77.4 Å². The maximum atomic E-state index is 10.7. The number of aliphatic hydroxyl groups is 2. The molecule has 3 aromatic carbocycles. The third kappa shape index (κ3) is 6.48. The number of hydrogen-bond donors (Lipinski definition) is 2. The van der Waals surface area contributed by atoms with Crippen molar-refractivity contribution in [2.45, 2.75) is 50.5 Å². The second-order valence-corrected chi connectivity index (χ2v) is 8.03. The molecule has 0 aliphatic carbocycles. The van der Waals surface area contributed by atoms with Crippen molar-refractivity contribution in [2.24, 2.45) is 0 Å². The lowest BCUT2D eigenvalue weighted by molar-refractivity contribution is -0.315. The van der Waals surface area contributed by atoms with E-state index in [9.17, 15) is 10.2 Å². The van der Waals surface area contributed by atoms with Gasteiger partial charge in [-0.3, -0.25) is 0 Å². The molecule has 0 bridgehead atoms. The SMILES string of the molecule is OCC1O[C@@H](O)C(OCc2ccccc2)[C@@H](OCc2ccccc2)[C@H]1OCc1ccccc1. The molecule has 0 radical (unpaired) electrons. The van der Waals surface area contributed by atoms with Gasteiger partial charge in [0.15, 0.2) is 6.29 Å². The fraction of sp³-hybridized carbons (Fsp3) is 0.333. The molecule has 1 aliphatic rings. The van der Waals surface area contributed by atoms with Gasteiger partial charge in [-0.15, -0.1) is 0 Å². The Labute approximate surface area is 194 Å². The Morgan fingerprint density at radius 3 is 1.39 bits per heavy atom. The normalized spacial score (nSPS) is 25.1. The lowest BCUT2D eigenvalue weighted by atomic mass is 9.98. The Hall–Kier alpha value is -2.58. The fourth-order valence-corrected chi connectivity index (χ4v) is 3.91. The largest absolute Gasteiger partial charge is 0.394 e. The van der Waals surface area contributed by atoms with Gasteiger partial charge in [-0.25, -0.2) is 0 Å². The molecule has 0 saturated carbocycles. The number of hydrogen-bond acceptors (Lipinski definition) is 6. The van der Waals surface area contributed by atoms with Gasteiger partial charge in [0.25, 0.3) is 0 Å². The average molecular weight is 451 g/mol. The molecule has 1 fully saturated rings. The Morgan fingerprint density at radius 2 is 0.970 bits per heavy atom. The lowest BCUT2D eigenvalue weighted by Gasteiger charge is -2.44. The number of rotatable bonds is 10. The predicted molar refractivity (Wildman–Crippen MR) is 123 cm³/mol. The smallest absolute Gasteiger partial charge is 0.184 e. The van der Waals surface area contributed by atoms with Crippen LogP contribution < -0.4 is 0 Å². The van der Waals surface area contributed by atoms with Gasteiger partial charge < -0.3 is 29.2 Å². The molecule has 6 nitrogen and oxygen atoms in total. The highest BCUT2D eigenvalue weighted by atomic mass is 16.7. The summed E-state index contributed by atoms with van der Waals surface area (Å²) in [7, 11) is 0. The van der Waals surface area contributed by atoms with Crippen LogP contribution in [0.15, 0.2) is 91.0 Å². The summed E-state index contributed by atoms with van der Waals surface area (Å²) in [5, 5.41) is 20.7. The zero-order valence-electron chi connectivity index (χ0n) is 18.4. The Morgan fingerprint density at radius 1 is 0.576 bits per heavy atom. The van der Waals surface area contributed by atoms with Gasteiger partial charge in [0.2, 0.25) is 0 Å². The van der Waals surface area contributed by atoms with Gasteiger partial charge in [-0.2, -0.15) is 0 Å². The summed E-state index contributed by atoms with van der Waals surface area (Å²) in [6.07, 6.45) is -4.09. The van der Waals surface area contributed by atoms with Crippen molar-refractivity contribution < 1.29 is 29.2 Å². The monoisotopic (exact) mass is 450 g/mol. The van der Waals surface area contributed by atoms with Gasteiger partial charge in [0.05, 0.1) is 26.4 Å². The molecule has 33 heavy (non-hydrogen) atoms. The van der Waals surface area contributed by atoms with Crippen LogP contribution in [-0.4, -0.2) is 47.5 Å². The van der Waals surface area contributed by atoms with Gasteiger partial charge in [-0.05, 0) is 16.7 Å². The number of benzene rings is 3. The molecule has 0 aromatic heterocycles. The van der Waals surface area contributed by atoms with Crippen LogP contribution in [0.3, 0.4) is 0 Å². The minimum Gasteiger partial charge on any atom is -0.394 e. The zero-order valence-corrected chi connectivity index (χ0v) is 18.4. The van der Waals surface area contributed by atoms with Crippen molar-refractivity contribution in [1.29, 1.82) is 0 Å². The molecular weight excluding hydrogens is 420 g/mol. The van der Waals surface area contributed by atoms with Gasteiger partial charge in [0.1, 0.15) is 24.4 Å². The van der Waals surface area contributed by atoms with Crippen LogP contribution in [0.1, 0.15) is 16.7 Å². The van der Waals surface area contributed by atoms with Gasteiger partial charge in [-0.1, -0.05) is 91.0 Å². The summed E-state index contributed by atoms with van der Waals surface area (Å²) in [6, 6.07) is 29.3. The van der Waals surface area contributed by atoms with Crippen molar-refractivity contribution in [1.82, 2.24) is 0 Å². The van der Waals surface area contributed by atoms with E-state index in [4.69, 9.17) is 18.9 Å². The second-order valence-electron chi connectivity index (χ2n) is 8.03. The van der Waals surface area contributed by atoms with Crippen LogP contribution in [-0.2, 0) is 38.8 Å². The Kier molecular flexibility index (Phi) is 8.60. The first-order valence-electron chi connectivity index (χ1n) is 11.2. The summed E-state index contributed by atoms with van der Waals surface area (Å²) >= 11 is 0. The Balaban J connectivity index is 1.53. The van der Waals surface area contributed by atoms with Gasteiger partial charge >= 0.3 is 0 Å². The molecule has 4 rings (SSSR count). The molecule has 1 saturated heterocycles. The van der Waals surface area contributed by atoms with E-state index in [1.165, 1.54) is 0 Å². The molecule has 1 heterocycles. The van der Waals surface area contributed by atoms with E-state index in [1.54, 1.807) is 0 Å². The average Bonchev–Trinajstić information content (AvgIpc) is 2.87. The Bertz CT molecular complexity index is 937. The summed E-state index contributed by atoms with van der Waals surface area (Å²) in [4.78, 5) is 0. The first kappa shape index (κ1) is 23.6. The van der Waals surface area contributed by atoms with Crippen molar-refractivity contribution in [3.63, 3.8) is 0 Å². The molecule has 0 amide bonds. The van der Waals surface area contributed by atoms with Crippen molar-refractivity contribution in [3.8, 4) is 0 Å². The van der Waals surface area contributed by atoms with E-state index >= 15 is 0 Å². The molecule has 2 N–H and O–H groups in total. The molecule has 174 valence electrons. The maximum Gasteiger partial charge on any atom is 0.184 e. The van der Waals surface area contributed by atoms with E-state index in [2.05, 4.69) is 0 Å². The standard InChI is InChI=1S/C27H30O6/c28-16-23-24(30-17-20-10-4-1-5-11-20)25(31-18-21-12-6-2-7-13-21)26(27(29)33-23)32-19-22-14-8-3-9-15-22/h1-15,23-29H,16-19H2/t23?,24-,25-,26?,27+/m0/s1. The third-order valence-electron chi connectivity index (χ3n) is 5.65. The molecule has 2 unspecified atom stereocenters. The number of ether oxygens (including phenoxy) is 4. The van der Waals surface area contributed by atoms with Crippen molar-refractivity contribution in [3.05, 3.63) is 108 Å². The molecule has 6 heteroatoms. The number of aliphatic hydroxyl groups excluding tert-OH is 2. The minimum absolute atomic E-state index is 0.284. The van der Waals surface area contributed by atoms with Crippen molar-refractivity contribution in [2.75, 3.05) is 6.61 Å². The van der Waals surface area contributed by atoms with Crippen LogP contribution >= 0.6 is 0 Å². The van der Waals surface area contributed by atoms with Crippen LogP contribution in [0.2, 0.25) is 0 Å². The molecule has 3 aromatic rings. The second kappa shape index (κ2) is 12.0.